The van der Waals surface area contributed by atoms with Crippen LogP contribution >= 0.6 is 23.6 Å². The number of carbonyl (C=O) groups is 1. The Morgan fingerprint density at radius 2 is 2.29 bits per heavy atom. The van der Waals surface area contributed by atoms with E-state index in [2.05, 4.69) is 15.5 Å². The van der Waals surface area contributed by atoms with Crippen LogP contribution in [0.2, 0.25) is 0 Å². The first-order valence-electron chi connectivity index (χ1n) is 4.72. The number of nitrogens with zero attached hydrogens (tertiary/aromatic N) is 1. The molecule has 0 atom stereocenters. The summed E-state index contributed by atoms with van der Waals surface area (Å²) in [5, 5.41) is 13.0. The summed E-state index contributed by atoms with van der Waals surface area (Å²) in [4.78, 5) is 14.2. The molecule has 17 heavy (non-hydrogen) atoms. The van der Waals surface area contributed by atoms with Crippen LogP contribution in [-0.4, -0.2) is 28.0 Å². The van der Waals surface area contributed by atoms with E-state index in [1.807, 2.05) is 0 Å². The summed E-state index contributed by atoms with van der Waals surface area (Å²) in [6.45, 7) is 5.25. The number of aromatic hydroxyl groups is 1. The number of nitrogens with one attached hydrogen (secondary N) is 2. The molecule has 1 rings (SSSR count). The molecule has 0 unspecified atom stereocenters. The Morgan fingerprint density at radius 3 is 2.76 bits per heavy atom. The fraction of sp³-hybridized carbons (Fsp3) is 0.444. The molecule has 0 spiro atoms. The van der Waals surface area contributed by atoms with Crippen LogP contribution in [0.3, 0.4) is 0 Å². The molecule has 0 saturated carbocycles. The lowest BCUT2D eigenvalue weighted by molar-refractivity contribution is 0.0529. The number of amides is 1. The Labute approximate surface area is 107 Å². The molecule has 0 aromatic carbocycles. The number of hydrogen-bond acceptors (Lipinski definition) is 6. The van der Waals surface area contributed by atoms with Gasteiger partial charge < -0.3 is 14.8 Å². The van der Waals surface area contributed by atoms with E-state index in [4.69, 9.17) is 17.0 Å². The second kappa shape index (κ2) is 5.28. The standard InChI is InChI=1S/C9H13N3O3S2/c1-9(2,3)15-7(14)12-10-4-5-6(13)11-8(16)17-5/h4,13H,1-3H3,(H,11,16)(H,12,14)/b10-4+. The van der Waals surface area contributed by atoms with E-state index in [1.54, 1.807) is 20.8 Å². The Bertz CT molecular complexity index is 484. The summed E-state index contributed by atoms with van der Waals surface area (Å²) in [6, 6.07) is 0. The van der Waals surface area contributed by atoms with Gasteiger partial charge in [0.1, 0.15) is 10.5 Å². The molecule has 1 heterocycles. The number of aromatic amines is 1. The number of hydrogen-bond donors (Lipinski definition) is 3. The van der Waals surface area contributed by atoms with Crippen molar-refractivity contribution in [3.8, 4) is 5.88 Å². The second-order valence-corrected chi connectivity index (χ2v) is 5.82. The van der Waals surface area contributed by atoms with E-state index >= 15 is 0 Å². The third-order valence-corrected chi connectivity index (χ3v) is 2.55. The van der Waals surface area contributed by atoms with Gasteiger partial charge in [-0.25, -0.2) is 10.2 Å². The smallest absolute Gasteiger partial charge is 0.428 e. The van der Waals surface area contributed by atoms with Crippen LogP contribution in [-0.2, 0) is 4.74 Å². The van der Waals surface area contributed by atoms with Crippen molar-refractivity contribution in [3.05, 3.63) is 8.83 Å². The number of thiazole rings is 1. The highest BCUT2D eigenvalue weighted by atomic mass is 32.1. The van der Waals surface area contributed by atoms with Crippen molar-refractivity contribution >= 4 is 35.9 Å². The van der Waals surface area contributed by atoms with Gasteiger partial charge in [-0.15, -0.1) is 0 Å². The third-order valence-electron chi connectivity index (χ3n) is 1.39. The minimum absolute atomic E-state index is 0.0743. The molecule has 0 aliphatic heterocycles. The molecule has 1 aromatic rings. The zero-order chi connectivity index (χ0) is 13.1. The van der Waals surface area contributed by atoms with E-state index in [0.29, 0.717) is 8.83 Å². The molecule has 0 fully saturated rings. The van der Waals surface area contributed by atoms with Gasteiger partial charge in [-0.05, 0) is 33.0 Å². The summed E-state index contributed by atoms with van der Waals surface area (Å²) >= 11 is 5.97. The number of hydrazone groups is 1. The highest BCUT2D eigenvalue weighted by molar-refractivity contribution is 7.73. The Hall–Kier alpha value is -1.41. The van der Waals surface area contributed by atoms with Crippen molar-refractivity contribution in [2.75, 3.05) is 0 Å². The first-order valence-corrected chi connectivity index (χ1v) is 5.94. The number of carbonyl (C=O) groups excluding carboxylic acids is 1. The Balaban J connectivity index is 2.54. The van der Waals surface area contributed by atoms with Gasteiger partial charge in [0, 0.05) is 0 Å². The monoisotopic (exact) mass is 275 g/mol. The second-order valence-electron chi connectivity index (χ2n) is 4.10. The van der Waals surface area contributed by atoms with Gasteiger partial charge in [-0.2, -0.15) is 5.10 Å². The van der Waals surface area contributed by atoms with Gasteiger partial charge in [-0.3, -0.25) is 0 Å². The van der Waals surface area contributed by atoms with Crippen molar-refractivity contribution in [2.45, 2.75) is 26.4 Å². The van der Waals surface area contributed by atoms with Crippen molar-refractivity contribution in [1.29, 1.82) is 0 Å². The first kappa shape index (κ1) is 13.7. The fourth-order valence-electron chi connectivity index (χ4n) is 0.864. The average Bonchev–Trinajstić information content (AvgIpc) is 2.42. The van der Waals surface area contributed by atoms with Crippen LogP contribution in [0.1, 0.15) is 25.6 Å². The van der Waals surface area contributed by atoms with Gasteiger partial charge in [0.05, 0.1) is 6.21 Å². The number of rotatable bonds is 2. The molecule has 0 radical (unpaired) electrons. The minimum Gasteiger partial charge on any atom is -0.494 e. The van der Waals surface area contributed by atoms with Crippen LogP contribution < -0.4 is 5.43 Å². The maximum atomic E-state index is 11.2. The van der Waals surface area contributed by atoms with Crippen LogP contribution in [0.25, 0.3) is 0 Å². The van der Waals surface area contributed by atoms with Gasteiger partial charge in [-0.1, -0.05) is 11.3 Å². The number of ether oxygens (including phenoxy) is 1. The molecule has 6 nitrogen and oxygen atoms in total. The van der Waals surface area contributed by atoms with Gasteiger partial charge in [0.2, 0.25) is 5.88 Å². The highest BCUT2D eigenvalue weighted by Crippen LogP contribution is 2.18. The van der Waals surface area contributed by atoms with Crippen molar-refractivity contribution in [3.63, 3.8) is 0 Å². The zero-order valence-corrected chi connectivity index (χ0v) is 11.2. The molecule has 3 N–H and O–H groups in total. The molecule has 1 aromatic heterocycles. The van der Waals surface area contributed by atoms with Crippen LogP contribution in [0.5, 0.6) is 5.88 Å². The van der Waals surface area contributed by atoms with Crippen molar-refractivity contribution in [2.24, 2.45) is 5.10 Å². The maximum Gasteiger partial charge on any atom is 0.428 e. The van der Waals surface area contributed by atoms with Crippen LogP contribution in [0.4, 0.5) is 4.79 Å². The van der Waals surface area contributed by atoms with E-state index in [1.165, 1.54) is 6.21 Å². The number of aromatic nitrogens is 1. The summed E-state index contributed by atoms with van der Waals surface area (Å²) < 4.78 is 5.39. The molecule has 0 aliphatic rings. The predicted molar refractivity (Wildman–Crippen MR) is 68.1 cm³/mol. The topological polar surface area (TPSA) is 86.7 Å². The predicted octanol–water partition coefficient (Wildman–Crippen LogP) is 2.37. The van der Waals surface area contributed by atoms with E-state index in [-0.39, 0.29) is 5.88 Å². The van der Waals surface area contributed by atoms with E-state index < -0.39 is 11.7 Å². The fourth-order valence-corrected chi connectivity index (χ4v) is 1.83. The lowest BCUT2D eigenvalue weighted by atomic mass is 10.2. The molecule has 0 bridgehead atoms. The minimum atomic E-state index is -0.660. The molecule has 0 aliphatic carbocycles. The third kappa shape index (κ3) is 4.96. The Kier molecular flexibility index (Phi) is 4.24. The normalized spacial score (nSPS) is 11.7. The molecular weight excluding hydrogens is 262 g/mol. The lowest BCUT2D eigenvalue weighted by Crippen LogP contribution is -2.29. The Morgan fingerprint density at radius 1 is 1.65 bits per heavy atom. The first-order chi connectivity index (χ1) is 7.78. The molecule has 1 amide bonds. The van der Waals surface area contributed by atoms with Crippen molar-refractivity contribution in [1.82, 2.24) is 10.4 Å². The van der Waals surface area contributed by atoms with Gasteiger partial charge in [0.15, 0.2) is 3.95 Å². The number of H-pyrrole nitrogens is 1. The highest BCUT2D eigenvalue weighted by Gasteiger charge is 2.15. The van der Waals surface area contributed by atoms with Gasteiger partial charge in [0.25, 0.3) is 0 Å². The van der Waals surface area contributed by atoms with Crippen molar-refractivity contribution < 1.29 is 14.6 Å². The largest absolute Gasteiger partial charge is 0.494 e. The van der Waals surface area contributed by atoms with E-state index in [9.17, 15) is 9.90 Å². The summed E-state index contributed by atoms with van der Waals surface area (Å²) in [5.74, 6) is -0.0743. The quantitative estimate of drug-likeness (QED) is 0.439. The summed E-state index contributed by atoms with van der Waals surface area (Å²) in [7, 11) is 0. The van der Waals surface area contributed by atoms with E-state index in [0.717, 1.165) is 11.3 Å². The SMILES string of the molecule is CC(C)(C)OC(=O)N/N=C/c1sc(=S)[nH]c1O. The average molecular weight is 275 g/mol. The summed E-state index contributed by atoms with van der Waals surface area (Å²) in [6.07, 6.45) is 0.628. The molecule has 94 valence electrons. The van der Waals surface area contributed by atoms with Crippen LogP contribution in [0.15, 0.2) is 5.10 Å². The van der Waals surface area contributed by atoms with Crippen LogP contribution in [0, 0.1) is 3.95 Å². The molecular formula is C9H13N3O3S2. The lowest BCUT2D eigenvalue weighted by Gasteiger charge is -2.18. The maximum absolute atomic E-state index is 11.2. The summed E-state index contributed by atoms with van der Waals surface area (Å²) in [5.41, 5.74) is 1.60. The molecule has 8 heteroatoms. The zero-order valence-electron chi connectivity index (χ0n) is 9.60. The molecule has 0 saturated heterocycles. The van der Waals surface area contributed by atoms with Gasteiger partial charge >= 0.3 is 6.09 Å².